The predicted molar refractivity (Wildman–Crippen MR) is 102 cm³/mol. The molecule has 0 unspecified atom stereocenters. The first kappa shape index (κ1) is 17.2. The molecule has 0 bridgehead atoms. The molecule has 0 atom stereocenters. The van der Waals surface area contributed by atoms with Crippen LogP contribution < -0.4 is 5.32 Å². The van der Waals surface area contributed by atoms with E-state index < -0.39 is 0 Å². The number of hydrogen-bond acceptors (Lipinski definition) is 2. The van der Waals surface area contributed by atoms with Gasteiger partial charge >= 0.3 is 0 Å². The van der Waals surface area contributed by atoms with Crippen LogP contribution >= 0.6 is 0 Å². The van der Waals surface area contributed by atoms with Crippen molar-refractivity contribution in [1.82, 2.24) is 14.9 Å². The molecular formula is C21H25N3O. The average Bonchev–Trinajstić information content (AvgIpc) is 2.95. The number of aromatic nitrogens is 2. The van der Waals surface area contributed by atoms with Crippen molar-refractivity contribution in [2.75, 3.05) is 6.54 Å². The van der Waals surface area contributed by atoms with Crippen molar-refractivity contribution in [2.45, 2.75) is 39.7 Å². The van der Waals surface area contributed by atoms with Crippen LogP contribution in [0.1, 0.15) is 36.7 Å². The number of rotatable bonds is 7. The summed E-state index contributed by atoms with van der Waals surface area (Å²) in [6.07, 6.45) is 2.19. The number of fused-ring (bicyclic) bond motifs is 1. The second-order valence-electron chi connectivity index (χ2n) is 6.44. The van der Waals surface area contributed by atoms with E-state index >= 15 is 0 Å². The first-order valence-corrected chi connectivity index (χ1v) is 8.93. The van der Waals surface area contributed by atoms with Crippen LogP contribution in [0.2, 0.25) is 0 Å². The summed E-state index contributed by atoms with van der Waals surface area (Å²) in [5, 5.41) is 2.98. The summed E-state index contributed by atoms with van der Waals surface area (Å²) in [5.74, 6) is 1.13. The molecule has 0 saturated heterocycles. The number of aryl methyl sites for hydroxylation is 1. The van der Waals surface area contributed by atoms with Gasteiger partial charge in [-0.05, 0) is 31.0 Å². The van der Waals surface area contributed by atoms with Crippen molar-refractivity contribution < 1.29 is 4.79 Å². The lowest BCUT2D eigenvalue weighted by Crippen LogP contribution is -2.26. The van der Waals surface area contributed by atoms with Gasteiger partial charge in [0.2, 0.25) is 5.91 Å². The fourth-order valence-electron chi connectivity index (χ4n) is 3.00. The molecule has 25 heavy (non-hydrogen) atoms. The molecule has 1 N–H and O–H groups in total. The van der Waals surface area contributed by atoms with Gasteiger partial charge in [-0.15, -0.1) is 0 Å². The molecule has 0 aliphatic rings. The summed E-state index contributed by atoms with van der Waals surface area (Å²) < 4.78 is 2.26. The Bertz CT molecular complexity index is 849. The fraction of sp³-hybridized carbons (Fsp3) is 0.333. The monoisotopic (exact) mass is 335 g/mol. The van der Waals surface area contributed by atoms with Gasteiger partial charge in [-0.25, -0.2) is 4.98 Å². The molecule has 1 amide bonds. The highest BCUT2D eigenvalue weighted by Crippen LogP contribution is 2.18. The number of carbonyl (C=O) groups excluding carboxylic acids is 1. The summed E-state index contributed by atoms with van der Waals surface area (Å²) in [5.41, 5.74) is 4.66. The molecule has 1 heterocycles. The Hall–Kier alpha value is -2.62. The van der Waals surface area contributed by atoms with Crippen molar-refractivity contribution in [2.24, 2.45) is 0 Å². The van der Waals surface area contributed by atoms with Crippen LogP contribution in [0.4, 0.5) is 0 Å². The molecular weight excluding hydrogens is 310 g/mol. The molecule has 0 saturated carbocycles. The summed E-state index contributed by atoms with van der Waals surface area (Å²) in [6, 6.07) is 16.8. The van der Waals surface area contributed by atoms with Gasteiger partial charge in [0.05, 0.1) is 11.0 Å². The number of imidazole rings is 1. The highest BCUT2D eigenvalue weighted by molar-refractivity contribution is 5.76. The lowest BCUT2D eigenvalue weighted by Gasteiger charge is -2.10. The maximum absolute atomic E-state index is 11.7. The normalized spacial score (nSPS) is 11.0. The third kappa shape index (κ3) is 4.27. The smallest absolute Gasteiger partial charge is 0.219 e. The Morgan fingerprint density at radius 3 is 2.64 bits per heavy atom. The van der Waals surface area contributed by atoms with Crippen LogP contribution in [0.15, 0.2) is 48.5 Å². The molecule has 2 aromatic carbocycles. The fourth-order valence-corrected chi connectivity index (χ4v) is 3.00. The molecule has 0 fully saturated rings. The SMILES string of the molecule is CCCC(=O)NCCc1nc2ccccc2n1Cc1ccc(C)cc1. The van der Waals surface area contributed by atoms with Gasteiger partial charge in [0.25, 0.3) is 0 Å². The third-order valence-corrected chi connectivity index (χ3v) is 4.34. The van der Waals surface area contributed by atoms with Gasteiger partial charge in [-0.1, -0.05) is 48.9 Å². The number of carbonyl (C=O) groups is 1. The van der Waals surface area contributed by atoms with Gasteiger partial charge in [0.1, 0.15) is 5.82 Å². The van der Waals surface area contributed by atoms with Gasteiger partial charge in [0.15, 0.2) is 0 Å². The van der Waals surface area contributed by atoms with Gasteiger partial charge in [0, 0.05) is 25.9 Å². The van der Waals surface area contributed by atoms with E-state index in [4.69, 9.17) is 4.98 Å². The average molecular weight is 335 g/mol. The van der Waals surface area contributed by atoms with Crippen molar-refractivity contribution >= 4 is 16.9 Å². The summed E-state index contributed by atoms with van der Waals surface area (Å²) in [6.45, 7) is 5.52. The Kier molecular flexibility index (Phi) is 5.49. The quantitative estimate of drug-likeness (QED) is 0.713. The minimum Gasteiger partial charge on any atom is -0.356 e. The minimum absolute atomic E-state index is 0.115. The molecule has 1 aromatic heterocycles. The topological polar surface area (TPSA) is 46.9 Å². The highest BCUT2D eigenvalue weighted by atomic mass is 16.1. The lowest BCUT2D eigenvalue weighted by molar-refractivity contribution is -0.121. The maximum Gasteiger partial charge on any atom is 0.219 e. The molecule has 0 aliphatic heterocycles. The first-order chi connectivity index (χ1) is 12.2. The van der Waals surface area contributed by atoms with E-state index in [1.54, 1.807) is 0 Å². The lowest BCUT2D eigenvalue weighted by atomic mass is 10.1. The first-order valence-electron chi connectivity index (χ1n) is 8.93. The summed E-state index contributed by atoms with van der Waals surface area (Å²) in [7, 11) is 0. The second-order valence-corrected chi connectivity index (χ2v) is 6.44. The Balaban J connectivity index is 1.81. The van der Waals surface area contributed by atoms with Gasteiger partial charge in [-0.3, -0.25) is 4.79 Å². The van der Waals surface area contributed by atoms with Crippen molar-refractivity contribution in [3.8, 4) is 0 Å². The molecule has 4 heteroatoms. The molecule has 3 rings (SSSR count). The molecule has 3 aromatic rings. The van der Waals surface area contributed by atoms with E-state index in [0.29, 0.717) is 13.0 Å². The van der Waals surface area contributed by atoms with E-state index in [1.165, 1.54) is 11.1 Å². The van der Waals surface area contributed by atoms with E-state index in [2.05, 4.69) is 47.1 Å². The van der Waals surface area contributed by atoms with Gasteiger partial charge < -0.3 is 9.88 Å². The second kappa shape index (κ2) is 7.97. The Labute approximate surface area is 148 Å². The number of hydrogen-bond donors (Lipinski definition) is 1. The van der Waals surface area contributed by atoms with Gasteiger partial charge in [-0.2, -0.15) is 0 Å². The maximum atomic E-state index is 11.7. The molecule has 0 radical (unpaired) electrons. The van der Waals surface area contributed by atoms with E-state index in [-0.39, 0.29) is 5.91 Å². The number of nitrogens with one attached hydrogen (secondary N) is 1. The standard InChI is InChI=1S/C21H25N3O/c1-3-6-21(25)22-14-13-20-23-18-7-4-5-8-19(18)24(20)15-17-11-9-16(2)10-12-17/h4-5,7-12H,3,6,13-15H2,1-2H3,(H,22,25). The van der Waals surface area contributed by atoms with Crippen LogP contribution in [0.25, 0.3) is 11.0 Å². The molecule has 4 nitrogen and oxygen atoms in total. The minimum atomic E-state index is 0.115. The Morgan fingerprint density at radius 1 is 1.12 bits per heavy atom. The number of amides is 1. The molecule has 130 valence electrons. The van der Waals surface area contributed by atoms with Crippen molar-refractivity contribution in [1.29, 1.82) is 0 Å². The Morgan fingerprint density at radius 2 is 1.88 bits per heavy atom. The highest BCUT2D eigenvalue weighted by Gasteiger charge is 2.11. The number of benzene rings is 2. The van der Waals surface area contributed by atoms with Crippen LogP contribution in [0.3, 0.4) is 0 Å². The van der Waals surface area contributed by atoms with Crippen molar-refractivity contribution in [3.05, 3.63) is 65.5 Å². The zero-order valence-corrected chi connectivity index (χ0v) is 15.0. The molecule has 0 aliphatic carbocycles. The van der Waals surface area contributed by atoms with E-state index in [9.17, 15) is 4.79 Å². The van der Waals surface area contributed by atoms with Crippen LogP contribution in [-0.4, -0.2) is 22.0 Å². The predicted octanol–water partition coefficient (Wildman–Crippen LogP) is 3.85. The number of nitrogens with zero attached hydrogens (tertiary/aromatic N) is 2. The zero-order valence-electron chi connectivity index (χ0n) is 15.0. The summed E-state index contributed by atoms with van der Waals surface area (Å²) in [4.78, 5) is 16.5. The van der Waals surface area contributed by atoms with Crippen LogP contribution in [-0.2, 0) is 17.8 Å². The van der Waals surface area contributed by atoms with Crippen LogP contribution in [0.5, 0.6) is 0 Å². The van der Waals surface area contributed by atoms with Crippen LogP contribution in [0, 0.1) is 6.92 Å². The van der Waals surface area contributed by atoms with E-state index in [0.717, 1.165) is 36.2 Å². The van der Waals surface area contributed by atoms with Crippen molar-refractivity contribution in [3.63, 3.8) is 0 Å². The summed E-state index contributed by atoms with van der Waals surface area (Å²) >= 11 is 0. The zero-order chi connectivity index (χ0) is 17.6. The van der Waals surface area contributed by atoms with E-state index in [1.807, 2.05) is 25.1 Å². The largest absolute Gasteiger partial charge is 0.356 e. The third-order valence-electron chi connectivity index (χ3n) is 4.34. The molecule has 0 spiro atoms. The number of para-hydroxylation sites is 2.